The van der Waals surface area contributed by atoms with Crippen LogP contribution < -0.4 is 4.74 Å². The molecule has 92 valence electrons. The van der Waals surface area contributed by atoms with Crippen LogP contribution in [-0.2, 0) is 11.3 Å². The van der Waals surface area contributed by atoms with Gasteiger partial charge >= 0.3 is 0 Å². The van der Waals surface area contributed by atoms with E-state index in [1.54, 1.807) is 18.1 Å². The molecule has 17 heavy (non-hydrogen) atoms. The molecule has 0 aromatic heterocycles. The number of hydrogen-bond donors (Lipinski definition) is 0. The van der Waals surface area contributed by atoms with Gasteiger partial charge in [-0.15, -0.1) is 18.2 Å². The number of carbonyl (C=O) groups is 1. The SMILES string of the molecule is C=CCN(Cc1cccc(OC)c1)C(=O)CCl. The quantitative estimate of drug-likeness (QED) is 0.576. The highest BCUT2D eigenvalue weighted by Crippen LogP contribution is 2.14. The van der Waals surface area contributed by atoms with Crippen molar-refractivity contribution in [3.05, 3.63) is 42.5 Å². The number of nitrogens with zero attached hydrogens (tertiary/aromatic N) is 1. The van der Waals surface area contributed by atoms with Crippen LogP contribution in [0.4, 0.5) is 0 Å². The summed E-state index contributed by atoms with van der Waals surface area (Å²) in [4.78, 5) is 13.2. The van der Waals surface area contributed by atoms with Crippen LogP contribution in [0.5, 0.6) is 5.75 Å². The number of amides is 1. The maximum Gasteiger partial charge on any atom is 0.238 e. The fourth-order valence-corrected chi connectivity index (χ4v) is 1.66. The molecule has 0 bridgehead atoms. The highest BCUT2D eigenvalue weighted by molar-refractivity contribution is 6.27. The van der Waals surface area contributed by atoms with Gasteiger partial charge in [-0.1, -0.05) is 18.2 Å². The van der Waals surface area contributed by atoms with Crippen LogP contribution in [0.25, 0.3) is 0 Å². The van der Waals surface area contributed by atoms with Crippen LogP contribution in [0.3, 0.4) is 0 Å². The molecule has 0 atom stereocenters. The Morgan fingerprint density at radius 2 is 2.35 bits per heavy atom. The van der Waals surface area contributed by atoms with Crippen molar-refractivity contribution >= 4 is 17.5 Å². The lowest BCUT2D eigenvalue weighted by Crippen LogP contribution is -2.31. The molecular formula is C13H16ClNO2. The first kappa shape index (κ1) is 13.6. The molecule has 4 heteroatoms. The van der Waals surface area contributed by atoms with Gasteiger partial charge in [0.15, 0.2) is 0 Å². The van der Waals surface area contributed by atoms with E-state index < -0.39 is 0 Å². The van der Waals surface area contributed by atoms with Gasteiger partial charge in [0.05, 0.1) is 7.11 Å². The summed E-state index contributed by atoms with van der Waals surface area (Å²) in [5.74, 6) is 0.659. The number of hydrogen-bond acceptors (Lipinski definition) is 2. The van der Waals surface area contributed by atoms with Crippen molar-refractivity contribution < 1.29 is 9.53 Å². The van der Waals surface area contributed by atoms with Gasteiger partial charge in [-0.05, 0) is 17.7 Å². The molecule has 3 nitrogen and oxygen atoms in total. The molecule has 0 saturated heterocycles. The van der Waals surface area contributed by atoms with Gasteiger partial charge in [0.1, 0.15) is 11.6 Å². The Hall–Kier alpha value is -1.48. The Labute approximate surface area is 107 Å². The molecule has 1 amide bonds. The van der Waals surface area contributed by atoms with E-state index in [0.717, 1.165) is 11.3 Å². The summed E-state index contributed by atoms with van der Waals surface area (Å²) in [6.07, 6.45) is 1.69. The van der Waals surface area contributed by atoms with Crippen LogP contribution in [-0.4, -0.2) is 30.3 Å². The zero-order valence-electron chi connectivity index (χ0n) is 9.86. The Bertz CT molecular complexity index is 393. The first-order chi connectivity index (χ1) is 8.21. The molecule has 0 saturated carbocycles. The third-order valence-electron chi connectivity index (χ3n) is 2.32. The first-order valence-corrected chi connectivity index (χ1v) is 5.82. The predicted octanol–water partition coefficient (Wildman–Crippen LogP) is 2.45. The number of benzene rings is 1. The number of carbonyl (C=O) groups excluding carboxylic acids is 1. The number of rotatable bonds is 6. The summed E-state index contributed by atoms with van der Waals surface area (Å²) < 4.78 is 5.13. The van der Waals surface area contributed by atoms with E-state index in [1.165, 1.54) is 0 Å². The highest BCUT2D eigenvalue weighted by atomic mass is 35.5. The van der Waals surface area contributed by atoms with E-state index >= 15 is 0 Å². The van der Waals surface area contributed by atoms with Crippen LogP contribution in [0.2, 0.25) is 0 Å². The Balaban J connectivity index is 2.77. The summed E-state index contributed by atoms with van der Waals surface area (Å²) in [6, 6.07) is 7.61. The Morgan fingerprint density at radius 1 is 1.59 bits per heavy atom. The lowest BCUT2D eigenvalue weighted by atomic mass is 10.2. The largest absolute Gasteiger partial charge is 0.497 e. The standard InChI is InChI=1S/C13H16ClNO2/c1-3-7-15(13(16)9-14)10-11-5-4-6-12(8-11)17-2/h3-6,8H,1,7,9-10H2,2H3. The fraction of sp³-hybridized carbons (Fsp3) is 0.308. The first-order valence-electron chi connectivity index (χ1n) is 5.28. The smallest absolute Gasteiger partial charge is 0.238 e. The highest BCUT2D eigenvalue weighted by Gasteiger charge is 2.11. The average molecular weight is 254 g/mol. The van der Waals surface area contributed by atoms with Crippen molar-refractivity contribution in [3.63, 3.8) is 0 Å². The molecule has 1 aromatic rings. The van der Waals surface area contributed by atoms with Crippen molar-refractivity contribution in [2.75, 3.05) is 19.5 Å². The van der Waals surface area contributed by atoms with Gasteiger partial charge in [-0.25, -0.2) is 0 Å². The van der Waals surface area contributed by atoms with Gasteiger partial charge in [-0.3, -0.25) is 4.79 Å². The third-order valence-corrected chi connectivity index (χ3v) is 2.55. The number of alkyl halides is 1. The van der Waals surface area contributed by atoms with E-state index in [1.807, 2.05) is 24.3 Å². The minimum atomic E-state index is -0.102. The zero-order chi connectivity index (χ0) is 12.7. The van der Waals surface area contributed by atoms with E-state index in [4.69, 9.17) is 16.3 Å². The molecule has 1 rings (SSSR count). The minimum Gasteiger partial charge on any atom is -0.497 e. The molecule has 0 heterocycles. The van der Waals surface area contributed by atoms with Gasteiger partial charge in [0.25, 0.3) is 0 Å². The summed E-state index contributed by atoms with van der Waals surface area (Å²) in [5, 5.41) is 0. The maximum atomic E-state index is 11.6. The number of methoxy groups -OCH3 is 1. The van der Waals surface area contributed by atoms with Gasteiger partial charge < -0.3 is 9.64 Å². The second-order valence-corrected chi connectivity index (χ2v) is 3.82. The third kappa shape index (κ3) is 4.11. The number of halogens is 1. The zero-order valence-corrected chi connectivity index (χ0v) is 10.6. The second-order valence-electron chi connectivity index (χ2n) is 3.55. The van der Waals surface area contributed by atoms with Gasteiger partial charge in [0, 0.05) is 13.1 Å². The van der Waals surface area contributed by atoms with E-state index in [0.29, 0.717) is 13.1 Å². The topological polar surface area (TPSA) is 29.5 Å². The molecule has 0 aliphatic rings. The second kappa shape index (κ2) is 6.97. The Morgan fingerprint density at radius 3 is 2.94 bits per heavy atom. The summed E-state index contributed by atoms with van der Waals surface area (Å²) >= 11 is 5.56. The lowest BCUT2D eigenvalue weighted by molar-refractivity contribution is -0.128. The molecule has 0 spiro atoms. The van der Waals surface area contributed by atoms with Crippen LogP contribution in [0.15, 0.2) is 36.9 Å². The van der Waals surface area contributed by atoms with E-state index in [9.17, 15) is 4.79 Å². The number of ether oxygens (including phenoxy) is 1. The molecule has 0 unspecified atom stereocenters. The molecule has 0 fully saturated rings. The van der Waals surface area contributed by atoms with Crippen molar-refractivity contribution in [2.45, 2.75) is 6.54 Å². The van der Waals surface area contributed by atoms with Crippen molar-refractivity contribution in [1.29, 1.82) is 0 Å². The van der Waals surface area contributed by atoms with Crippen LogP contribution in [0, 0.1) is 0 Å². The van der Waals surface area contributed by atoms with Crippen molar-refractivity contribution in [2.24, 2.45) is 0 Å². The molecule has 1 aromatic carbocycles. The van der Waals surface area contributed by atoms with E-state index in [2.05, 4.69) is 6.58 Å². The fourth-order valence-electron chi connectivity index (χ4n) is 1.49. The van der Waals surface area contributed by atoms with E-state index in [-0.39, 0.29) is 11.8 Å². The summed E-state index contributed by atoms with van der Waals surface area (Å²) in [5.41, 5.74) is 1.00. The predicted molar refractivity (Wildman–Crippen MR) is 69.3 cm³/mol. The average Bonchev–Trinajstić information content (AvgIpc) is 2.37. The Kier molecular flexibility index (Phi) is 5.57. The molecule has 0 aliphatic heterocycles. The van der Waals surface area contributed by atoms with Crippen LogP contribution in [0.1, 0.15) is 5.56 Å². The molecular weight excluding hydrogens is 238 g/mol. The molecule has 0 radical (unpaired) electrons. The maximum absolute atomic E-state index is 11.6. The molecule has 0 aliphatic carbocycles. The monoisotopic (exact) mass is 253 g/mol. The van der Waals surface area contributed by atoms with Crippen molar-refractivity contribution in [3.8, 4) is 5.75 Å². The summed E-state index contributed by atoms with van der Waals surface area (Å²) in [7, 11) is 1.62. The van der Waals surface area contributed by atoms with Gasteiger partial charge in [-0.2, -0.15) is 0 Å². The lowest BCUT2D eigenvalue weighted by Gasteiger charge is -2.20. The van der Waals surface area contributed by atoms with Crippen molar-refractivity contribution in [1.82, 2.24) is 4.90 Å². The van der Waals surface area contributed by atoms with Crippen LogP contribution >= 0.6 is 11.6 Å². The van der Waals surface area contributed by atoms with Gasteiger partial charge in [0.2, 0.25) is 5.91 Å². The summed E-state index contributed by atoms with van der Waals surface area (Å²) in [6.45, 7) is 4.63. The normalized spacial score (nSPS) is 9.76. The molecule has 0 N–H and O–H groups in total. The minimum absolute atomic E-state index is 0.0161.